The zero-order valence-electron chi connectivity index (χ0n) is 17.4. The quantitative estimate of drug-likeness (QED) is 0.547. The predicted octanol–water partition coefficient (Wildman–Crippen LogP) is -0.0915. The monoisotopic (exact) mass is 469 g/mol. The number of ether oxygens (including phenoxy) is 4. The number of rotatable bonds is 8. The molecule has 0 bridgehead atoms. The summed E-state index contributed by atoms with van der Waals surface area (Å²) in [7, 11) is 0. The van der Waals surface area contributed by atoms with E-state index in [1.165, 1.54) is 5.56 Å². The van der Waals surface area contributed by atoms with Crippen molar-refractivity contribution in [1.82, 2.24) is 0 Å². The molecule has 1 fully saturated rings. The van der Waals surface area contributed by atoms with Crippen molar-refractivity contribution in [2.24, 2.45) is 0 Å². The molecule has 2 atom stereocenters. The number of para-hydroxylation sites is 2. The van der Waals surface area contributed by atoms with E-state index in [4.69, 9.17) is 30.5 Å². The first-order chi connectivity index (χ1) is 14.6. The first-order valence-electron chi connectivity index (χ1n) is 10.4. The fraction of sp³-hybridized carbons (Fsp3) is 0.478. The molecular weight excluding hydrogens is 441 g/mol. The molecule has 0 amide bonds. The summed E-state index contributed by atoms with van der Waals surface area (Å²) in [4.78, 5) is 0. The average molecular weight is 470 g/mol. The summed E-state index contributed by atoms with van der Waals surface area (Å²) in [6.45, 7) is 5.70. The second kappa shape index (κ2) is 11.4. The lowest BCUT2D eigenvalue weighted by atomic mass is 10.1. The maximum absolute atomic E-state index is 10.7. The summed E-state index contributed by atoms with van der Waals surface area (Å²) >= 11 is 6.02. The van der Waals surface area contributed by atoms with E-state index in [2.05, 4.69) is 12.1 Å². The summed E-state index contributed by atoms with van der Waals surface area (Å²) in [5.74, 6) is 1.49. The van der Waals surface area contributed by atoms with Crippen LogP contribution in [-0.2, 0) is 16.0 Å². The lowest BCUT2D eigenvalue weighted by Crippen LogP contribution is -3.00. The van der Waals surface area contributed by atoms with E-state index in [0.717, 1.165) is 40.6 Å². The number of quaternary nitrogens is 1. The predicted molar refractivity (Wildman–Crippen MR) is 114 cm³/mol. The van der Waals surface area contributed by atoms with Crippen molar-refractivity contribution in [3.05, 3.63) is 59.1 Å². The van der Waals surface area contributed by atoms with Crippen molar-refractivity contribution in [3.63, 3.8) is 0 Å². The molecule has 2 aliphatic rings. The molecule has 0 spiro atoms. The number of nitrogens with zero attached hydrogens (tertiary/aromatic N) is 1. The van der Waals surface area contributed by atoms with Crippen LogP contribution in [0, 0.1) is 0 Å². The molecule has 0 aromatic heterocycles. The van der Waals surface area contributed by atoms with Crippen molar-refractivity contribution in [3.8, 4) is 11.5 Å². The molecule has 0 aliphatic carbocycles. The molecule has 1 N–H and O–H groups in total. The Labute approximate surface area is 194 Å². The summed E-state index contributed by atoms with van der Waals surface area (Å²) in [6.07, 6.45) is -0.736. The second-order valence-corrected chi connectivity index (χ2v) is 8.49. The van der Waals surface area contributed by atoms with Gasteiger partial charge in [-0.1, -0.05) is 35.9 Å². The molecule has 0 radical (unpaired) electrons. The summed E-state index contributed by atoms with van der Waals surface area (Å²) in [5, 5.41) is 11.4. The molecule has 2 aromatic rings. The van der Waals surface area contributed by atoms with Crippen LogP contribution in [0.3, 0.4) is 0 Å². The van der Waals surface area contributed by atoms with Gasteiger partial charge in [0.1, 0.15) is 38.9 Å². The summed E-state index contributed by atoms with van der Waals surface area (Å²) < 4.78 is 23.8. The van der Waals surface area contributed by atoms with Crippen LogP contribution < -0.4 is 21.9 Å². The molecule has 8 heteroatoms. The van der Waals surface area contributed by atoms with Crippen molar-refractivity contribution in [2.75, 3.05) is 52.7 Å². The van der Waals surface area contributed by atoms with E-state index in [1.807, 2.05) is 36.4 Å². The lowest BCUT2D eigenvalue weighted by molar-refractivity contribution is -0.950. The van der Waals surface area contributed by atoms with Gasteiger partial charge >= 0.3 is 0 Å². The van der Waals surface area contributed by atoms with Gasteiger partial charge in [0.2, 0.25) is 0 Å². The molecule has 2 unspecified atom stereocenters. The molecule has 4 rings (SSSR count). The average Bonchev–Trinajstić information content (AvgIpc) is 2.76. The van der Waals surface area contributed by atoms with Crippen LogP contribution in [-0.4, -0.2) is 74.5 Å². The minimum Gasteiger partial charge on any atom is -1.00 e. The summed E-state index contributed by atoms with van der Waals surface area (Å²) in [5.41, 5.74) is 1.21. The molecular formula is C23H29Cl2NO5. The Hall–Kier alpha value is -1.54. The van der Waals surface area contributed by atoms with Crippen molar-refractivity contribution >= 4 is 11.6 Å². The van der Waals surface area contributed by atoms with Gasteiger partial charge in [0.25, 0.3) is 0 Å². The Morgan fingerprint density at radius 2 is 1.77 bits per heavy atom. The zero-order valence-corrected chi connectivity index (χ0v) is 18.9. The normalized spacial score (nSPS) is 20.5. The van der Waals surface area contributed by atoms with Crippen LogP contribution in [0.25, 0.3) is 0 Å². The summed E-state index contributed by atoms with van der Waals surface area (Å²) in [6, 6.07) is 15.6. The SMILES string of the molecule is OC(COCC1COc2ccccc2O1)C[N+]1(Cc2ccc(Cl)cc2)CCOCC1.[Cl-]. The van der Waals surface area contributed by atoms with Crippen LogP contribution in [0.15, 0.2) is 48.5 Å². The van der Waals surface area contributed by atoms with Gasteiger partial charge in [0, 0.05) is 10.6 Å². The van der Waals surface area contributed by atoms with Crippen molar-refractivity contribution in [2.45, 2.75) is 18.8 Å². The van der Waals surface area contributed by atoms with Gasteiger partial charge in [-0.2, -0.15) is 0 Å². The molecule has 1 saturated heterocycles. The van der Waals surface area contributed by atoms with Crippen LogP contribution in [0.5, 0.6) is 11.5 Å². The van der Waals surface area contributed by atoms with E-state index in [-0.39, 0.29) is 25.1 Å². The number of aliphatic hydroxyl groups excluding tert-OH is 1. The maximum Gasteiger partial charge on any atom is 0.161 e. The highest BCUT2D eigenvalue weighted by Crippen LogP contribution is 2.30. The standard InChI is InChI=1S/C23H29ClNO5.ClH/c24-19-7-5-18(6-8-19)13-25(9-11-27-12-10-25)14-20(26)15-28-16-21-17-29-22-3-1-2-4-23(22)30-21;/h1-8,20-21,26H,9-17H2;1H/q+1;/p-1. The van der Waals surface area contributed by atoms with Gasteiger partial charge in [-0.05, 0) is 24.3 Å². The fourth-order valence-corrected chi connectivity index (χ4v) is 4.22. The number of halogens is 2. The van der Waals surface area contributed by atoms with Crippen LogP contribution >= 0.6 is 11.6 Å². The number of morpholine rings is 1. The highest BCUT2D eigenvalue weighted by atomic mass is 35.5. The Morgan fingerprint density at radius 3 is 2.52 bits per heavy atom. The third-order valence-corrected chi connectivity index (χ3v) is 5.88. The first-order valence-corrected chi connectivity index (χ1v) is 10.8. The van der Waals surface area contributed by atoms with Crippen LogP contribution in [0.1, 0.15) is 5.56 Å². The Kier molecular flexibility index (Phi) is 8.84. The topological polar surface area (TPSA) is 57.2 Å². The highest BCUT2D eigenvalue weighted by Gasteiger charge is 2.33. The van der Waals surface area contributed by atoms with Gasteiger partial charge in [-0.15, -0.1) is 0 Å². The lowest BCUT2D eigenvalue weighted by Gasteiger charge is -2.42. The Morgan fingerprint density at radius 1 is 1.06 bits per heavy atom. The molecule has 0 saturated carbocycles. The third kappa shape index (κ3) is 6.72. The minimum absolute atomic E-state index is 0. The van der Waals surface area contributed by atoms with Gasteiger partial charge in [-0.25, -0.2) is 0 Å². The van der Waals surface area contributed by atoms with E-state index < -0.39 is 6.10 Å². The van der Waals surface area contributed by atoms with Crippen LogP contribution in [0.4, 0.5) is 0 Å². The number of benzene rings is 2. The maximum atomic E-state index is 10.7. The smallest absolute Gasteiger partial charge is 0.161 e. The van der Waals surface area contributed by atoms with Gasteiger partial charge < -0.3 is 40.9 Å². The van der Waals surface area contributed by atoms with E-state index in [9.17, 15) is 5.11 Å². The molecule has 2 aromatic carbocycles. The number of aliphatic hydroxyl groups is 1. The van der Waals surface area contributed by atoms with E-state index in [1.54, 1.807) is 0 Å². The van der Waals surface area contributed by atoms with Crippen molar-refractivity contribution < 1.29 is 40.9 Å². The Balaban J connectivity index is 0.00000272. The highest BCUT2D eigenvalue weighted by molar-refractivity contribution is 6.30. The first kappa shape index (κ1) is 24.1. The van der Waals surface area contributed by atoms with E-state index in [0.29, 0.717) is 33.0 Å². The van der Waals surface area contributed by atoms with Crippen LogP contribution in [0.2, 0.25) is 5.02 Å². The molecule has 170 valence electrons. The number of hydrogen-bond donors (Lipinski definition) is 1. The third-order valence-electron chi connectivity index (χ3n) is 5.63. The van der Waals surface area contributed by atoms with Gasteiger partial charge in [0.05, 0.1) is 26.4 Å². The van der Waals surface area contributed by atoms with Gasteiger partial charge in [-0.3, -0.25) is 0 Å². The second-order valence-electron chi connectivity index (χ2n) is 8.06. The largest absolute Gasteiger partial charge is 1.00 e. The molecule has 2 aliphatic heterocycles. The Bertz CT molecular complexity index is 814. The number of fused-ring (bicyclic) bond motifs is 1. The number of hydrogen-bond acceptors (Lipinski definition) is 5. The fourth-order valence-electron chi connectivity index (χ4n) is 4.09. The van der Waals surface area contributed by atoms with Crippen molar-refractivity contribution in [1.29, 1.82) is 0 Å². The molecule has 6 nitrogen and oxygen atoms in total. The molecule has 31 heavy (non-hydrogen) atoms. The van der Waals surface area contributed by atoms with Gasteiger partial charge in [0.15, 0.2) is 17.6 Å². The minimum atomic E-state index is -0.563. The zero-order chi connectivity index (χ0) is 20.8. The van der Waals surface area contributed by atoms with E-state index >= 15 is 0 Å². The molecule has 2 heterocycles.